The van der Waals surface area contributed by atoms with E-state index in [1.807, 2.05) is 20.0 Å². The molecular weight excluding hydrogens is 290 g/mol. The van der Waals surface area contributed by atoms with Crippen LogP contribution in [0, 0.1) is 0 Å². The van der Waals surface area contributed by atoms with Crippen molar-refractivity contribution in [2.75, 3.05) is 19.8 Å². The normalized spacial score (nSPS) is 10.8. The van der Waals surface area contributed by atoms with Crippen molar-refractivity contribution in [3.63, 3.8) is 0 Å². The predicted octanol–water partition coefficient (Wildman–Crippen LogP) is -1.60. The number of halogens is 1. The topological polar surface area (TPSA) is 48.2 Å². The van der Waals surface area contributed by atoms with Gasteiger partial charge in [0.2, 0.25) is 0 Å². The lowest BCUT2D eigenvalue weighted by molar-refractivity contribution is -0.00000521. The smallest absolute Gasteiger partial charge is 0.328 e. The van der Waals surface area contributed by atoms with Crippen LogP contribution in [0.4, 0.5) is 0 Å². The SMILES string of the molecule is CCOCCCNCc1ccc2c(c1)n(C)c(=O)n2C.[Cl-]. The van der Waals surface area contributed by atoms with Gasteiger partial charge in [0.1, 0.15) is 0 Å². The molecule has 0 aliphatic rings. The van der Waals surface area contributed by atoms with Gasteiger partial charge in [-0.15, -0.1) is 0 Å². The molecular formula is C15H23ClN3O2-. The number of benzene rings is 1. The highest BCUT2D eigenvalue weighted by atomic mass is 35.5. The fraction of sp³-hybridized carbons (Fsp3) is 0.533. The van der Waals surface area contributed by atoms with Crippen molar-refractivity contribution < 1.29 is 17.1 Å². The van der Waals surface area contributed by atoms with Crippen molar-refractivity contribution >= 4 is 11.0 Å². The fourth-order valence-corrected chi connectivity index (χ4v) is 2.34. The molecule has 0 saturated carbocycles. The van der Waals surface area contributed by atoms with Gasteiger partial charge in [0.05, 0.1) is 11.0 Å². The van der Waals surface area contributed by atoms with Crippen LogP contribution in [-0.4, -0.2) is 28.9 Å². The third kappa shape index (κ3) is 4.09. The lowest BCUT2D eigenvalue weighted by Crippen LogP contribution is -3.00. The summed E-state index contributed by atoms with van der Waals surface area (Å²) in [4.78, 5) is 11.9. The Kier molecular flexibility index (Phi) is 6.95. The molecule has 21 heavy (non-hydrogen) atoms. The maximum absolute atomic E-state index is 11.9. The Morgan fingerprint density at radius 2 is 1.90 bits per heavy atom. The molecule has 0 spiro atoms. The third-order valence-electron chi connectivity index (χ3n) is 3.51. The van der Waals surface area contributed by atoms with Crippen LogP contribution in [0.25, 0.3) is 11.0 Å². The van der Waals surface area contributed by atoms with Crippen LogP contribution in [0.15, 0.2) is 23.0 Å². The summed E-state index contributed by atoms with van der Waals surface area (Å²) in [6.45, 7) is 5.33. The van der Waals surface area contributed by atoms with Crippen LogP contribution in [0.1, 0.15) is 18.9 Å². The van der Waals surface area contributed by atoms with Gasteiger partial charge in [0, 0.05) is 33.9 Å². The highest BCUT2D eigenvalue weighted by Gasteiger charge is 2.07. The second kappa shape index (κ2) is 8.22. The number of hydrogen-bond donors (Lipinski definition) is 1. The molecule has 1 heterocycles. The quantitative estimate of drug-likeness (QED) is 0.626. The number of aromatic nitrogens is 2. The van der Waals surface area contributed by atoms with Crippen LogP contribution in [0.3, 0.4) is 0 Å². The molecule has 0 bridgehead atoms. The Balaban J connectivity index is 0.00000220. The molecule has 1 aromatic carbocycles. The molecule has 0 fully saturated rings. The number of aryl methyl sites for hydroxylation is 2. The first-order chi connectivity index (χ1) is 9.65. The van der Waals surface area contributed by atoms with E-state index in [9.17, 15) is 4.79 Å². The van der Waals surface area contributed by atoms with Crippen molar-refractivity contribution in [2.45, 2.75) is 19.9 Å². The Hall–Kier alpha value is -1.30. The van der Waals surface area contributed by atoms with Crippen LogP contribution in [-0.2, 0) is 25.4 Å². The van der Waals surface area contributed by atoms with E-state index >= 15 is 0 Å². The molecule has 5 nitrogen and oxygen atoms in total. The van der Waals surface area contributed by atoms with E-state index in [-0.39, 0.29) is 18.1 Å². The molecule has 0 amide bonds. The maximum Gasteiger partial charge on any atom is 0.328 e. The molecule has 0 aliphatic carbocycles. The van der Waals surface area contributed by atoms with E-state index in [4.69, 9.17) is 4.74 Å². The largest absolute Gasteiger partial charge is 1.00 e. The number of hydrogen-bond acceptors (Lipinski definition) is 3. The van der Waals surface area contributed by atoms with Gasteiger partial charge in [0.15, 0.2) is 0 Å². The summed E-state index contributed by atoms with van der Waals surface area (Å²) in [6.07, 6.45) is 1.01. The monoisotopic (exact) mass is 312 g/mol. The average Bonchev–Trinajstić information content (AvgIpc) is 2.67. The summed E-state index contributed by atoms with van der Waals surface area (Å²) in [5.41, 5.74) is 3.15. The number of ether oxygens (including phenoxy) is 1. The van der Waals surface area contributed by atoms with Crippen molar-refractivity contribution in [1.82, 2.24) is 14.5 Å². The van der Waals surface area contributed by atoms with E-state index in [1.54, 1.807) is 16.2 Å². The molecule has 0 unspecified atom stereocenters. The number of nitrogens with one attached hydrogen (secondary N) is 1. The first-order valence-electron chi connectivity index (χ1n) is 7.08. The second-order valence-electron chi connectivity index (χ2n) is 4.95. The lowest BCUT2D eigenvalue weighted by Gasteiger charge is -2.06. The molecule has 118 valence electrons. The minimum absolute atomic E-state index is 0. The fourth-order valence-electron chi connectivity index (χ4n) is 2.34. The molecule has 1 aromatic heterocycles. The van der Waals surface area contributed by atoms with Crippen LogP contribution >= 0.6 is 0 Å². The minimum Gasteiger partial charge on any atom is -1.00 e. The Morgan fingerprint density at radius 3 is 2.62 bits per heavy atom. The summed E-state index contributed by atoms with van der Waals surface area (Å²) < 4.78 is 8.66. The zero-order valence-corrected chi connectivity index (χ0v) is 13.6. The van der Waals surface area contributed by atoms with Gasteiger partial charge in [-0.1, -0.05) is 6.07 Å². The summed E-state index contributed by atoms with van der Waals surface area (Å²) >= 11 is 0. The predicted molar refractivity (Wildman–Crippen MR) is 81.0 cm³/mol. The molecule has 1 N–H and O–H groups in total. The lowest BCUT2D eigenvalue weighted by atomic mass is 10.2. The van der Waals surface area contributed by atoms with E-state index in [2.05, 4.69) is 17.4 Å². The van der Waals surface area contributed by atoms with Crippen molar-refractivity contribution in [1.29, 1.82) is 0 Å². The van der Waals surface area contributed by atoms with Crippen molar-refractivity contribution in [2.24, 2.45) is 14.1 Å². The Bertz CT molecular complexity index is 634. The Morgan fingerprint density at radius 1 is 1.19 bits per heavy atom. The van der Waals surface area contributed by atoms with Crippen molar-refractivity contribution in [3.05, 3.63) is 34.2 Å². The Labute approximate surface area is 131 Å². The highest BCUT2D eigenvalue weighted by Crippen LogP contribution is 2.13. The maximum atomic E-state index is 11.9. The third-order valence-corrected chi connectivity index (χ3v) is 3.51. The summed E-state index contributed by atoms with van der Waals surface area (Å²) in [6, 6.07) is 6.15. The standard InChI is InChI=1S/C15H23N3O2.ClH/c1-4-20-9-5-8-16-11-12-6-7-13-14(10-12)18(3)15(19)17(13)2;/h6-7,10,16H,4-5,8-9,11H2,1-3H3;1H/p-1. The molecule has 6 heteroatoms. The highest BCUT2D eigenvalue weighted by molar-refractivity contribution is 5.76. The van der Waals surface area contributed by atoms with Gasteiger partial charge in [-0.05, 0) is 37.6 Å². The second-order valence-corrected chi connectivity index (χ2v) is 4.95. The molecule has 2 aromatic rings. The van der Waals surface area contributed by atoms with E-state index in [1.165, 1.54) is 5.56 Å². The number of fused-ring (bicyclic) bond motifs is 1. The number of nitrogens with zero attached hydrogens (tertiary/aromatic N) is 2. The molecule has 0 aliphatic heterocycles. The van der Waals surface area contributed by atoms with Crippen molar-refractivity contribution in [3.8, 4) is 0 Å². The summed E-state index contributed by atoms with van der Waals surface area (Å²) in [7, 11) is 3.61. The molecule has 0 saturated heterocycles. The number of imidazole rings is 1. The van der Waals surface area contributed by atoms with E-state index in [0.717, 1.165) is 43.8 Å². The zero-order chi connectivity index (χ0) is 14.5. The molecule has 0 atom stereocenters. The summed E-state index contributed by atoms with van der Waals surface area (Å²) in [5.74, 6) is 0. The van der Waals surface area contributed by atoms with Gasteiger partial charge in [-0.25, -0.2) is 4.79 Å². The number of rotatable bonds is 7. The first-order valence-corrected chi connectivity index (χ1v) is 7.08. The van der Waals surface area contributed by atoms with Gasteiger partial charge < -0.3 is 22.5 Å². The van der Waals surface area contributed by atoms with E-state index < -0.39 is 0 Å². The van der Waals surface area contributed by atoms with Gasteiger partial charge in [-0.3, -0.25) is 9.13 Å². The van der Waals surface area contributed by atoms with Gasteiger partial charge in [0.25, 0.3) is 0 Å². The first kappa shape index (κ1) is 17.8. The molecule has 2 rings (SSSR count). The minimum atomic E-state index is 0. The molecule has 0 radical (unpaired) electrons. The van der Waals surface area contributed by atoms with Gasteiger partial charge >= 0.3 is 5.69 Å². The van der Waals surface area contributed by atoms with E-state index in [0.29, 0.717) is 0 Å². The van der Waals surface area contributed by atoms with Crippen LogP contribution in [0.2, 0.25) is 0 Å². The summed E-state index contributed by atoms with van der Waals surface area (Å²) in [5, 5.41) is 3.39. The van der Waals surface area contributed by atoms with Crippen LogP contribution < -0.4 is 23.4 Å². The van der Waals surface area contributed by atoms with Gasteiger partial charge in [-0.2, -0.15) is 0 Å². The zero-order valence-electron chi connectivity index (χ0n) is 12.9. The van der Waals surface area contributed by atoms with Crippen LogP contribution in [0.5, 0.6) is 0 Å². The average molecular weight is 313 g/mol.